The number of hydrogen-bond acceptors (Lipinski definition) is 5. The van der Waals surface area contributed by atoms with Crippen LogP contribution in [0.3, 0.4) is 0 Å². The molecule has 2 bridgehead atoms. The predicted octanol–water partition coefficient (Wildman–Crippen LogP) is 4.35. The summed E-state index contributed by atoms with van der Waals surface area (Å²) in [6, 6.07) is 22.2. The number of aliphatic hydroxyl groups excluding tert-OH is 1. The number of anilines is 1. The van der Waals surface area contributed by atoms with E-state index in [1.807, 2.05) is 79.7 Å². The molecule has 208 valence electrons. The number of hydrogen-bond donors (Lipinski definition) is 3. The molecule has 3 amide bonds. The number of amides is 3. The van der Waals surface area contributed by atoms with Gasteiger partial charge in [0.25, 0.3) is 0 Å². The maximum Gasteiger partial charge on any atom is 0.248 e. The van der Waals surface area contributed by atoms with Crippen LogP contribution < -0.4 is 10.6 Å². The summed E-state index contributed by atoms with van der Waals surface area (Å²) in [5, 5.41) is 18.5. The van der Waals surface area contributed by atoms with E-state index in [1.54, 1.807) is 16.7 Å². The molecule has 3 aliphatic rings. The first kappa shape index (κ1) is 26.8. The number of thioether (sulfide) groups is 1. The second-order valence-corrected chi connectivity index (χ2v) is 13.4. The van der Waals surface area contributed by atoms with Crippen molar-refractivity contribution in [2.45, 2.75) is 61.2 Å². The zero-order valence-electron chi connectivity index (χ0n) is 22.8. The van der Waals surface area contributed by atoms with E-state index in [4.69, 9.17) is 0 Å². The van der Waals surface area contributed by atoms with Crippen LogP contribution in [0.4, 0.5) is 5.69 Å². The average molecular weight is 558 g/mol. The van der Waals surface area contributed by atoms with E-state index in [0.717, 1.165) is 22.8 Å². The summed E-state index contributed by atoms with van der Waals surface area (Å²) >= 11 is 1.64. The lowest BCUT2D eigenvalue weighted by atomic mass is 9.66. The van der Waals surface area contributed by atoms with Crippen molar-refractivity contribution in [3.8, 4) is 0 Å². The fraction of sp³-hybridized carbons (Fsp3) is 0.406. The molecule has 6 rings (SSSR count). The second kappa shape index (κ2) is 10.2. The van der Waals surface area contributed by atoms with E-state index in [-0.39, 0.29) is 24.3 Å². The Morgan fingerprint density at radius 1 is 1.02 bits per heavy atom. The second-order valence-electron chi connectivity index (χ2n) is 11.5. The summed E-state index contributed by atoms with van der Waals surface area (Å²) in [6.45, 7) is 4.12. The summed E-state index contributed by atoms with van der Waals surface area (Å²) in [7, 11) is 0. The van der Waals surface area contributed by atoms with Crippen LogP contribution in [0.25, 0.3) is 10.8 Å². The number of nitrogens with one attached hydrogen (secondary N) is 2. The van der Waals surface area contributed by atoms with Gasteiger partial charge in [-0.15, -0.1) is 11.8 Å². The third-order valence-electron chi connectivity index (χ3n) is 9.15. The third kappa shape index (κ3) is 4.20. The molecule has 0 saturated carbocycles. The lowest BCUT2D eigenvalue weighted by molar-refractivity contribution is -0.142. The highest BCUT2D eigenvalue weighted by molar-refractivity contribution is 8.02. The van der Waals surface area contributed by atoms with Gasteiger partial charge in [0.15, 0.2) is 0 Å². The fourth-order valence-corrected chi connectivity index (χ4v) is 9.59. The topological polar surface area (TPSA) is 98.7 Å². The number of fused-ring (bicyclic) bond motifs is 2. The Bertz CT molecular complexity index is 1460. The summed E-state index contributed by atoms with van der Waals surface area (Å²) in [6.07, 6.45) is 1.92. The van der Waals surface area contributed by atoms with Gasteiger partial charge in [0, 0.05) is 17.0 Å². The summed E-state index contributed by atoms with van der Waals surface area (Å²) in [5.41, 5.74) is 1.65. The maximum atomic E-state index is 14.2. The van der Waals surface area contributed by atoms with Crippen molar-refractivity contribution in [2.75, 3.05) is 11.9 Å². The van der Waals surface area contributed by atoms with Gasteiger partial charge in [-0.2, -0.15) is 0 Å². The van der Waals surface area contributed by atoms with Gasteiger partial charge in [-0.05, 0) is 54.7 Å². The van der Waals surface area contributed by atoms with Gasteiger partial charge in [-0.1, -0.05) is 67.6 Å². The summed E-state index contributed by atoms with van der Waals surface area (Å²) in [5.74, 6) is -1.79. The van der Waals surface area contributed by atoms with Crippen molar-refractivity contribution >= 4 is 45.9 Å². The van der Waals surface area contributed by atoms with E-state index in [1.165, 1.54) is 0 Å². The number of nitrogens with zero attached hydrogens (tertiary/aromatic N) is 1. The first-order valence-corrected chi connectivity index (χ1v) is 14.9. The minimum atomic E-state index is -0.785. The number of carbonyl (C=O) groups excluding carboxylic acids is 3. The Kier molecular flexibility index (Phi) is 6.87. The molecule has 6 atom stereocenters. The molecule has 7 nitrogen and oxygen atoms in total. The molecule has 3 fully saturated rings. The third-order valence-corrected chi connectivity index (χ3v) is 11.1. The molecule has 0 radical (unpaired) electrons. The van der Waals surface area contributed by atoms with Crippen molar-refractivity contribution in [2.24, 2.45) is 11.8 Å². The van der Waals surface area contributed by atoms with Crippen molar-refractivity contribution in [1.29, 1.82) is 0 Å². The standard InChI is InChI=1S/C32H35N3O4S/c1-3-24(19-36)35-27(29(38)34-23-14-13-21-11-7-8-12-22(21)17-23)32-16-15-31(2,40-32)25(26(32)30(35)39)28(37)33-18-20-9-5-4-6-10-20/h4-14,17,24-27,36H,3,15-16,18-19H2,1-2H3,(H,33,37)(H,34,38)/t24-,25-,26-,27?,31+,32?/m0/s1. The highest BCUT2D eigenvalue weighted by atomic mass is 32.2. The van der Waals surface area contributed by atoms with Gasteiger partial charge in [0.1, 0.15) is 6.04 Å². The van der Waals surface area contributed by atoms with E-state index in [2.05, 4.69) is 17.6 Å². The van der Waals surface area contributed by atoms with Gasteiger partial charge in [0.05, 0.1) is 29.2 Å². The molecule has 3 N–H and O–H groups in total. The molecule has 0 aromatic heterocycles. The zero-order chi connectivity index (χ0) is 28.1. The van der Waals surface area contributed by atoms with Crippen LogP contribution in [0.15, 0.2) is 72.8 Å². The number of likely N-dealkylation sites (tertiary alicyclic amines) is 1. The molecule has 3 aromatic carbocycles. The molecular weight excluding hydrogens is 522 g/mol. The smallest absolute Gasteiger partial charge is 0.248 e. The van der Waals surface area contributed by atoms with E-state index < -0.39 is 33.4 Å². The summed E-state index contributed by atoms with van der Waals surface area (Å²) in [4.78, 5) is 43.8. The number of carbonyl (C=O) groups is 3. The molecule has 3 saturated heterocycles. The Labute approximate surface area is 238 Å². The molecule has 3 aliphatic heterocycles. The first-order chi connectivity index (χ1) is 19.3. The predicted molar refractivity (Wildman–Crippen MR) is 158 cm³/mol. The minimum Gasteiger partial charge on any atom is -0.394 e. The maximum absolute atomic E-state index is 14.2. The minimum absolute atomic E-state index is 0.147. The van der Waals surface area contributed by atoms with Crippen LogP contribution in [0, 0.1) is 11.8 Å². The molecule has 3 aromatic rings. The van der Waals surface area contributed by atoms with Gasteiger partial charge >= 0.3 is 0 Å². The van der Waals surface area contributed by atoms with E-state index >= 15 is 0 Å². The molecule has 3 heterocycles. The van der Waals surface area contributed by atoms with Crippen LogP contribution in [-0.2, 0) is 20.9 Å². The molecule has 8 heteroatoms. The summed E-state index contributed by atoms with van der Waals surface area (Å²) < 4.78 is -1.18. The average Bonchev–Trinajstić information content (AvgIpc) is 3.54. The van der Waals surface area contributed by atoms with Crippen molar-refractivity contribution in [3.63, 3.8) is 0 Å². The van der Waals surface area contributed by atoms with E-state index in [9.17, 15) is 19.5 Å². The van der Waals surface area contributed by atoms with Gasteiger partial charge < -0.3 is 20.6 Å². The van der Waals surface area contributed by atoms with Crippen LogP contribution in [-0.4, -0.2) is 55.9 Å². The molecular formula is C32H35N3O4S. The first-order valence-electron chi connectivity index (χ1n) is 14.1. The van der Waals surface area contributed by atoms with Crippen molar-refractivity contribution < 1.29 is 19.5 Å². The largest absolute Gasteiger partial charge is 0.394 e. The van der Waals surface area contributed by atoms with Crippen LogP contribution >= 0.6 is 11.8 Å². The molecule has 2 unspecified atom stereocenters. The monoisotopic (exact) mass is 557 g/mol. The number of benzene rings is 3. The Morgan fingerprint density at radius 3 is 2.48 bits per heavy atom. The van der Waals surface area contributed by atoms with Crippen LogP contribution in [0.5, 0.6) is 0 Å². The highest BCUT2D eigenvalue weighted by Gasteiger charge is 2.77. The molecule has 40 heavy (non-hydrogen) atoms. The zero-order valence-corrected chi connectivity index (χ0v) is 23.6. The SMILES string of the molecule is CC[C@@H](CO)N1C(=O)[C@@H]2[C@@H](C(=O)NCc3ccccc3)[C@@]3(C)CCC2(S3)C1C(=O)Nc1ccc2ccccc2c1. The lowest BCUT2D eigenvalue weighted by Crippen LogP contribution is -2.54. The lowest BCUT2D eigenvalue weighted by Gasteiger charge is -2.36. The quantitative estimate of drug-likeness (QED) is 0.383. The number of rotatable bonds is 8. The Morgan fingerprint density at radius 2 is 1.75 bits per heavy atom. The Hall–Kier alpha value is -3.36. The van der Waals surface area contributed by atoms with Crippen LogP contribution in [0.2, 0.25) is 0 Å². The molecule has 0 aliphatic carbocycles. The van der Waals surface area contributed by atoms with E-state index in [0.29, 0.717) is 25.1 Å². The van der Waals surface area contributed by atoms with Gasteiger partial charge in [0.2, 0.25) is 17.7 Å². The number of aliphatic hydroxyl groups is 1. The van der Waals surface area contributed by atoms with Gasteiger partial charge in [-0.3, -0.25) is 14.4 Å². The van der Waals surface area contributed by atoms with Crippen molar-refractivity contribution in [1.82, 2.24) is 10.2 Å². The fourth-order valence-electron chi connectivity index (χ4n) is 7.24. The molecule has 1 spiro atoms. The van der Waals surface area contributed by atoms with Gasteiger partial charge in [-0.25, -0.2) is 0 Å². The van der Waals surface area contributed by atoms with Crippen molar-refractivity contribution in [3.05, 3.63) is 78.4 Å². The van der Waals surface area contributed by atoms with Crippen LogP contribution in [0.1, 0.15) is 38.7 Å². The Balaban J connectivity index is 1.33. The normalized spacial score (nSPS) is 29.4. The highest BCUT2D eigenvalue weighted by Crippen LogP contribution is 2.71.